The highest BCUT2D eigenvalue weighted by Gasteiger charge is 2.64. The first-order valence-corrected chi connectivity index (χ1v) is 5.62. The van der Waals surface area contributed by atoms with E-state index in [2.05, 4.69) is 4.74 Å². The van der Waals surface area contributed by atoms with Crippen LogP contribution < -0.4 is 0 Å². The number of alkyl halides is 5. The van der Waals surface area contributed by atoms with Gasteiger partial charge in [-0.1, -0.05) is 0 Å². The maximum atomic E-state index is 13.7. The quantitative estimate of drug-likeness (QED) is 0.631. The molecule has 11 heteroatoms. The molecule has 1 rings (SSSR count). The summed E-state index contributed by atoms with van der Waals surface area (Å²) < 4.78 is 69.3. The second kappa shape index (κ2) is 5.45. The molecule has 1 aliphatic heterocycles. The first-order valence-electron chi connectivity index (χ1n) is 5.62. The summed E-state index contributed by atoms with van der Waals surface area (Å²) in [6.07, 6.45) is -9.07. The van der Waals surface area contributed by atoms with E-state index in [1.54, 1.807) is 0 Å². The van der Waals surface area contributed by atoms with Crippen LogP contribution >= 0.6 is 0 Å². The van der Waals surface area contributed by atoms with Gasteiger partial charge in [-0.2, -0.15) is 22.0 Å². The van der Waals surface area contributed by atoms with Gasteiger partial charge in [0.2, 0.25) is 5.91 Å². The van der Waals surface area contributed by atoms with Crippen molar-refractivity contribution in [2.24, 2.45) is 5.92 Å². The highest BCUT2D eigenvalue weighted by Crippen LogP contribution is 2.42. The number of carbonyl (C=O) groups is 3. The lowest BCUT2D eigenvalue weighted by atomic mass is 9.97. The molecule has 2 unspecified atom stereocenters. The van der Waals surface area contributed by atoms with E-state index in [-0.39, 0.29) is 0 Å². The molecule has 0 bridgehead atoms. The van der Waals surface area contributed by atoms with Gasteiger partial charge in [0, 0.05) is 0 Å². The second-order valence-electron chi connectivity index (χ2n) is 4.18. The summed E-state index contributed by atoms with van der Waals surface area (Å²) in [5, 5.41) is 8.59. The molecule has 1 heterocycles. The van der Waals surface area contributed by atoms with Crippen molar-refractivity contribution in [3.05, 3.63) is 0 Å². The molecule has 0 aromatic carbocycles. The van der Waals surface area contributed by atoms with E-state index in [1.807, 2.05) is 0 Å². The van der Waals surface area contributed by atoms with Crippen molar-refractivity contribution in [2.45, 2.75) is 31.5 Å². The Morgan fingerprint density at radius 3 is 2.19 bits per heavy atom. The summed E-state index contributed by atoms with van der Waals surface area (Å²) in [7, 11) is 0. The fraction of sp³-hybridized carbons (Fsp3) is 0.700. The van der Waals surface area contributed by atoms with Gasteiger partial charge in [0.15, 0.2) is 0 Å². The topological polar surface area (TPSA) is 83.9 Å². The Morgan fingerprint density at radius 1 is 1.33 bits per heavy atom. The van der Waals surface area contributed by atoms with Gasteiger partial charge >= 0.3 is 24.2 Å². The van der Waals surface area contributed by atoms with Crippen LogP contribution in [0, 0.1) is 5.92 Å². The average Bonchev–Trinajstić information content (AvgIpc) is 2.67. The van der Waals surface area contributed by atoms with Gasteiger partial charge in [-0.25, -0.2) is 14.5 Å². The number of halogens is 5. The lowest BCUT2D eigenvalue weighted by Crippen LogP contribution is -2.47. The zero-order valence-electron chi connectivity index (χ0n) is 10.5. The van der Waals surface area contributed by atoms with Crippen LogP contribution in [0.15, 0.2) is 0 Å². The van der Waals surface area contributed by atoms with Gasteiger partial charge in [0.1, 0.15) is 12.0 Å². The van der Waals surface area contributed by atoms with E-state index in [0.717, 1.165) is 0 Å². The second-order valence-corrected chi connectivity index (χ2v) is 4.18. The Balaban J connectivity index is 3.15. The number of esters is 1. The fourth-order valence-electron chi connectivity index (χ4n) is 1.93. The number of carbonyl (C=O) groups excluding carboxylic acids is 2. The van der Waals surface area contributed by atoms with Crippen molar-refractivity contribution in [1.29, 1.82) is 0 Å². The standard InChI is InChI=1S/C10H10F5NO5/c1-2-21-7(18)9(11,12)4-3-5(10(13,14)15)16(6(4)17)8(19)20/h4-5H,2-3H2,1H3,(H,19,20). The minimum absolute atomic E-state index is 0.472. The highest BCUT2D eigenvalue weighted by molar-refractivity contribution is 5.98. The van der Waals surface area contributed by atoms with Crippen LogP contribution in [0.5, 0.6) is 0 Å². The molecule has 0 spiro atoms. The summed E-state index contributed by atoms with van der Waals surface area (Å²) in [5.74, 6) is -11.4. The number of ether oxygens (including phenoxy) is 1. The number of hydrogen-bond acceptors (Lipinski definition) is 4. The van der Waals surface area contributed by atoms with Gasteiger partial charge < -0.3 is 9.84 Å². The molecule has 120 valence electrons. The van der Waals surface area contributed by atoms with E-state index in [4.69, 9.17) is 5.11 Å². The first-order chi connectivity index (χ1) is 9.44. The third-order valence-corrected chi connectivity index (χ3v) is 2.88. The maximum Gasteiger partial charge on any atom is 0.414 e. The molecule has 1 aliphatic rings. The van der Waals surface area contributed by atoms with Crippen molar-refractivity contribution in [3.8, 4) is 0 Å². The van der Waals surface area contributed by atoms with Crippen molar-refractivity contribution < 1.29 is 46.2 Å². The number of amides is 2. The van der Waals surface area contributed by atoms with E-state index < -0.39 is 60.0 Å². The zero-order valence-corrected chi connectivity index (χ0v) is 10.5. The molecular formula is C10H10F5NO5. The Kier molecular flexibility index (Phi) is 4.44. The Hall–Kier alpha value is -1.94. The largest absolute Gasteiger partial charge is 0.465 e. The lowest BCUT2D eigenvalue weighted by molar-refractivity contribution is -0.182. The third kappa shape index (κ3) is 3.05. The lowest BCUT2D eigenvalue weighted by Gasteiger charge is -2.21. The molecule has 6 nitrogen and oxygen atoms in total. The van der Waals surface area contributed by atoms with Crippen LogP contribution in [0.1, 0.15) is 13.3 Å². The summed E-state index contributed by atoms with van der Waals surface area (Å²) in [5.41, 5.74) is 0. The van der Waals surface area contributed by atoms with Crippen molar-refractivity contribution in [3.63, 3.8) is 0 Å². The SMILES string of the molecule is CCOC(=O)C(F)(F)C1CC(C(F)(F)F)N(C(=O)O)C1=O. The minimum Gasteiger partial charge on any atom is -0.465 e. The van der Waals surface area contributed by atoms with E-state index in [1.165, 1.54) is 6.92 Å². The summed E-state index contributed by atoms with van der Waals surface area (Å²) in [6.45, 7) is 0.715. The van der Waals surface area contributed by atoms with E-state index in [9.17, 15) is 36.3 Å². The number of hydrogen-bond donors (Lipinski definition) is 1. The van der Waals surface area contributed by atoms with Crippen LogP contribution in [0.2, 0.25) is 0 Å². The molecule has 1 fully saturated rings. The fourth-order valence-corrected chi connectivity index (χ4v) is 1.93. The summed E-state index contributed by atoms with van der Waals surface area (Å²) >= 11 is 0. The molecule has 1 N–H and O–H groups in total. The van der Waals surface area contributed by atoms with Crippen molar-refractivity contribution in [2.75, 3.05) is 6.61 Å². The number of imide groups is 1. The van der Waals surface area contributed by atoms with Crippen LogP contribution in [0.4, 0.5) is 26.7 Å². The minimum atomic E-state index is -5.21. The molecule has 0 radical (unpaired) electrons. The zero-order chi connectivity index (χ0) is 16.6. The normalized spacial score (nSPS) is 23.3. The number of likely N-dealkylation sites (tertiary alicyclic amines) is 1. The van der Waals surface area contributed by atoms with Gasteiger partial charge in [0.05, 0.1) is 6.61 Å². The molecule has 1 saturated heterocycles. The van der Waals surface area contributed by atoms with Gasteiger partial charge in [-0.05, 0) is 13.3 Å². The van der Waals surface area contributed by atoms with Crippen molar-refractivity contribution in [1.82, 2.24) is 4.90 Å². The Morgan fingerprint density at radius 2 is 1.86 bits per heavy atom. The molecule has 21 heavy (non-hydrogen) atoms. The molecule has 0 saturated carbocycles. The Bertz CT molecular complexity index is 463. The monoisotopic (exact) mass is 319 g/mol. The van der Waals surface area contributed by atoms with Gasteiger partial charge in [0.25, 0.3) is 0 Å². The predicted molar refractivity (Wildman–Crippen MR) is 54.4 cm³/mol. The van der Waals surface area contributed by atoms with Crippen LogP contribution in [0.25, 0.3) is 0 Å². The molecule has 2 amide bonds. The molecule has 0 aromatic heterocycles. The van der Waals surface area contributed by atoms with E-state index >= 15 is 0 Å². The first kappa shape index (κ1) is 17.1. The summed E-state index contributed by atoms with van der Waals surface area (Å²) in [6, 6.07) is -2.92. The van der Waals surface area contributed by atoms with E-state index in [0.29, 0.717) is 0 Å². The Labute approximate surface area is 114 Å². The maximum absolute atomic E-state index is 13.7. The number of carboxylic acid groups (broad SMARTS) is 1. The number of nitrogens with zero attached hydrogens (tertiary/aromatic N) is 1. The van der Waals surface area contributed by atoms with Gasteiger partial charge in [-0.3, -0.25) is 4.79 Å². The average molecular weight is 319 g/mol. The number of rotatable bonds is 3. The highest BCUT2D eigenvalue weighted by atomic mass is 19.4. The van der Waals surface area contributed by atoms with Crippen LogP contribution in [0.3, 0.4) is 0 Å². The summed E-state index contributed by atoms with van der Waals surface area (Å²) in [4.78, 5) is 32.5. The van der Waals surface area contributed by atoms with Crippen LogP contribution in [-0.4, -0.2) is 52.7 Å². The van der Waals surface area contributed by atoms with Crippen LogP contribution in [-0.2, 0) is 14.3 Å². The smallest absolute Gasteiger partial charge is 0.414 e. The molecule has 0 aromatic rings. The molecular weight excluding hydrogens is 309 g/mol. The van der Waals surface area contributed by atoms with Crippen molar-refractivity contribution >= 4 is 18.0 Å². The third-order valence-electron chi connectivity index (χ3n) is 2.88. The van der Waals surface area contributed by atoms with Gasteiger partial charge in [-0.15, -0.1) is 0 Å². The predicted octanol–water partition coefficient (Wildman–Crippen LogP) is 1.64. The molecule has 2 atom stereocenters. The molecule has 0 aliphatic carbocycles.